The Hall–Kier alpha value is -2.68. The van der Waals surface area contributed by atoms with E-state index in [4.69, 9.17) is 4.74 Å². The Morgan fingerprint density at radius 3 is 2.59 bits per heavy atom. The van der Waals surface area contributed by atoms with E-state index in [-0.39, 0.29) is 24.0 Å². The summed E-state index contributed by atoms with van der Waals surface area (Å²) in [5.41, 5.74) is 2.34. The first-order valence-electron chi connectivity index (χ1n) is 12.8. The lowest BCUT2D eigenvalue weighted by Crippen LogP contribution is -2.42. The van der Waals surface area contributed by atoms with Crippen molar-refractivity contribution in [2.45, 2.75) is 51.6 Å². The third-order valence-electron chi connectivity index (χ3n) is 7.84. The van der Waals surface area contributed by atoms with Gasteiger partial charge in [0, 0.05) is 24.3 Å². The minimum absolute atomic E-state index is 0.0469. The molecule has 1 fully saturated rings. The highest BCUT2D eigenvalue weighted by atomic mass is 19.2. The van der Waals surface area contributed by atoms with E-state index in [2.05, 4.69) is 9.88 Å². The van der Waals surface area contributed by atoms with Crippen LogP contribution in [0.3, 0.4) is 0 Å². The average Bonchev–Trinajstić information content (AvgIpc) is 2.90. The van der Waals surface area contributed by atoms with Crippen LogP contribution in [0, 0.1) is 29.8 Å². The lowest BCUT2D eigenvalue weighted by Gasteiger charge is -2.41. The van der Waals surface area contributed by atoms with E-state index < -0.39 is 23.6 Å². The number of rotatable bonds is 10. The van der Waals surface area contributed by atoms with Crippen LogP contribution in [0.2, 0.25) is 0 Å². The molecule has 4 rings (SSSR count). The zero-order chi connectivity index (χ0) is 26.6. The van der Waals surface area contributed by atoms with Crippen LogP contribution in [-0.4, -0.2) is 53.4 Å². The lowest BCUT2D eigenvalue weighted by atomic mass is 9.74. The SMILES string of the molecule is COc1ccc2ncc(C)c(C(O)CCC3(CO)CCN(CCCc4cc(F)cc(F)c4F)CC3)c2c1. The molecule has 2 N–H and O–H groups in total. The maximum absolute atomic E-state index is 13.9. The smallest absolute Gasteiger partial charge is 0.162 e. The summed E-state index contributed by atoms with van der Waals surface area (Å²) in [6.07, 6.45) is 4.69. The summed E-state index contributed by atoms with van der Waals surface area (Å²) in [6, 6.07) is 7.25. The monoisotopic (exact) mass is 516 g/mol. The quantitative estimate of drug-likeness (QED) is 0.349. The van der Waals surface area contributed by atoms with Crippen molar-refractivity contribution in [2.75, 3.05) is 33.4 Å². The van der Waals surface area contributed by atoms with Crippen LogP contribution in [-0.2, 0) is 6.42 Å². The molecule has 8 heteroatoms. The number of benzene rings is 2. The van der Waals surface area contributed by atoms with Crippen molar-refractivity contribution in [1.29, 1.82) is 0 Å². The molecule has 37 heavy (non-hydrogen) atoms. The second-order valence-electron chi connectivity index (χ2n) is 10.3. The van der Waals surface area contributed by atoms with E-state index in [1.165, 1.54) is 0 Å². The predicted molar refractivity (Wildman–Crippen MR) is 137 cm³/mol. The molecule has 0 spiro atoms. The standard InChI is InChI=1S/C29H35F3N2O3/c1-19-17-33-25-6-5-22(37-2)16-23(25)27(19)26(36)7-8-29(18-35)9-12-34(13-10-29)11-3-4-20-14-21(30)15-24(31)28(20)32/h5-6,14-17,26,35-36H,3-4,7-13,18H2,1-2H3. The van der Waals surface area contributed by atoms with Crippen LogP contribution in [0.4, 0.5) is 13.2 Å². The Morgan fingerprint density at radius 2 is 1.89 bits per heavy atom. The number of fused-ring (bicyclic) bond motifs is 1. The molecule has 0 bridgehead atoms. The number of aryl methyl sites for hydroxylation is 2. The summed E-state index contributed by atoms with van der Waals surface area (Å²) >= 11 is 0. The van der Waals surface area contributed by atoms with Gasteiger partial charge in [0.25, 0.3) is 0 Å². The Bertz CT molecular complexity index is 1230. The van der Waals surface area contributed by atoms with E-state index in [0.29, 0.717) is 37.6 Å². The molecule has 1 aliphatic heterocycles. The molecule has 1 aromatic heterocycles. The van der Waals surface area contributed by atoms with Crippen LogP contribution < -0.4 is 4.74 Å². The molecule has 1 atom stereocenters. The molecular weight excluding hydrogens is 481 g/mol. The van der Waals surface area contributed by atoms with Gasteiger partial charge in [0.1, 0.15) is 11.6 Å². The highest BCUT2D eigenvalue weighted by molar-refractivity contribution is 5.84. The number of halogens is 3. The second-order valence-corrected chi connectivity index (χ2v) is 10.3. The van der Waals surface area contributed by atoms with Crippen LogP contribution in [0.1, 0.15) is 54.9 Å². The largest absolute Gasteiger partial charge is 0.497 e. The van der Waals surface area contributed by atoms with E-state index in [0.717, 1.165) is 54.0 Å². The first kappa shape index (κ1) is 27.4. The number of piperidine rings is 1. The van der Waals surface area contributed by atoms with Crippen molar-refractivity contribution in [3.8, 4) is 5.75 Å². The topological polar surface area (TPSA) is 65.8 Å². The van der Waals surface area contributed by atoms with Gasteiger partial charge in [0.05, 0.1) is 18.7 Å². The number of pyridine rings is 1. The fourth-order valence-corrected chi connectivity index (χ4v) is 5.47. The fourth-order valence-electron chi connectivity index (χ4n) is 5.47. The molecule has 3 aromatic rings. The zero-order valence-electron chi connectivity index (χ0n) is 21.4. The third kappa shape index (κ3) is 6.25. The van der Waals surface area contributed by atoms with Crippen molar-refractivity contribution in [2.24, 2.45) is 5.41 Å². The number of aliphatic hydroxyl groups is 2. The normalized spacial score (nSPS) is 16.7. The molecule has 0 aliphatic carbocycles. The number of aromatic nitrogens is 1. The van der Waals surface area contributed by atoms with Crippen molar-refractivity contribution in [3.63, 3.8) is 0 Å². The fraction of sp³-hybridized carbons (Fsp3) is 0.483. The Balaban J connectivity index is 1.33. The van der Waals surface area contributed by atoms with E-state index in [1.807, 2.05) is 25.1 Å². The van der Waals surface area contributed by atoms with Crippen molar-refractivity contribution in [3.05, 3.63) is 70.7 Å². The number of hydrogen-bond donors (Lipinski definition) is 2. The van der Waals surface area contributed by atoms with Crippen LogP contribution >= 0.6 is 0 Å². The maximum atomic E-state index is 13.9. The van der Waals surface area contributed by atoms with E-state index >= 15 is 0 Å². The number of hydrogen-bond acceptors (Lipinski definition) is 5. The molecule has 0 saturated carbocycles. The van der Waals surface area contributed by atoms with E-state index in [9.17, 15) is 23.4 Å². The van der Waals surface area contributed by atoms with Gasteiger partial charge in [-0.3, -0.25) is 4.98 Å². The molecule has 1 unspecified atom stereocenters. The Labute approximate surface area is 215 Å². The summed E-state index contributed by atoms with van der Waals surface area (Å²) < 4.78 is 46.1. The Kier molecular flexibility index (Phi) is 8.72. The van der Waals surface area contributed by atoms with Crippen LogP contribution in [0.5, 0.6) is 5.75 Å². The van der Waals surface area contributed by atoms with Gasteiger partial charge in [0.2, 0.25) is 0 Å². The van der Waals surface area contributed by atoms with Gasteiger partial charge in [-0.15, -0.1) is 0 Å². The van der Waals surface area contributed by atoms with Crippen molar-refractivity contribution < 1.29 is 28.1 Å². The van der Waals surface area contributed by atoms with Crippen LogP contribution in [0.25, 0.3) is 10.9 Å². The second kappa shape index (κ2) is 11.8. The summed E-state index contributed by atoms with van der Waals surface area (Å²) in [7, 11) is 1.61. The molecule has 0 radical (unpaired) electrons. The molecular formula is C29H35F3N2O3. The summed E-state index contributed by atoms with van der Waals surface area (Å²) in [5, 5.41) is 22.3. The molecule has 2 heterocycles. The molecule has 1 saturated heterocycles. The summed E-state index contributed by atoms with van der Waals surface area (Å²) in [5.74, 6) is -2.20. The molecule has 0 amide bonds. The van der Waals surface area contributed by atoms with Gasteiger partial charge in [0.15, 0.2) is 11.6 Å². The van der Waals surface area contributed by atoms with Gasteiger partial charge in [-0.05, 0) is 111 Å². The average molecular weight is 517 g/mol. The summed E-state index contributed by atoms with van der Waals surface area (Å²) in [6.45, 7) is 4.21. The van der Waals surface area contributed by atoms with Gasteiger partial charge in [-0.2, -0.15) is 0 Å². The number of likely N-dealkylation sites (tertiary alicyclic amines) is 1. The minimum Gasteiger partial charge on any atom is -0.497 e. The lowest BCUT2D eigenvalue weighted by molar-refractivity contribution is 0.0234. The Morgan fingerprint density at radius 1 is 1.14 bits per heavy atom. The third-order valence-corrected chi connectivity index (χ3v) is 7.84. The number of nitrogens with zero attached hydrogens (tertiary/aromatic N) is 2. The minimum atomic E-state index is -1.16. The zero-order valence-corrected chi connectivity index (χ0v) is 21.4. The highest BCUT2D eigenvalue weighted by Gasteiger charge is 2.34. The van der Waals surface area contributed by atoms with Crippen LogP contribution in [0.15, 0.2) is 36.5 Å². The molecule has 1 aliphatic rings. The van der Waals surface area contributed by atoms with E-state index in [1.54, 1.807) is 13.3 Å². The number of ether oxygens (including phenoxy) is 1. The summed E-state index contributed by atoms with van der Waals surface area (Å²) in [4.78, 5) is 6.72. The van der Waals surface area contributed by atoms with Gasteiger partial charge < -0.3 is 19.8 Å². The van der Waals surface area contributed by atoms with Gasteiger partial charge in [-0.1, -0.05) is 0 Å². The highest BCUT2D eigenvalue weighted by Crippen LogP contribution is 2.39. The maximum Gasteiger partial charge on any atom is 0.162 e. The first-order valence-corrected chi connectivity index (χ1v) is 12.8. The van der Waals surface area contributed by atoms with Crippen molar-refractivity contribution >= 4 is 10.9 Å². The van der Waals surface area contributed by atoms with Gasteiger partial charge >= 0.3 is 0 Å². The molecule has 200 valence electrons. The number of methoxy groups -OCH3 is 1. The van der Waals surface area contributed by atoms with Crippen molar-refractivity contribution in [1.82, 2.24) is 9.88 Å². The molecule has 5 nitrogen and oxygen atoms in total. The first-order chi connectivity index (χ1) is 17.7. The molecule has 2 aromatic carbocycles. The number of aliphatic hydroxyl groups excluding tert-OH is 2. The predicted octanol–water partition coefficient (Wildman–Crippen LogP) is 5.49. The van der Waals surface area contributed by atoms with Gasteiger partial charge in [-0.25, -0.2) is 13.2 Å².